The summed E-state index contributed by atoms with van der Waals surface area (Å²) in [5, 5.41) is 9.97. The van der Waals surface area contributed by atoms with Crippen LogP contribution in [0.2, 0.25) is 0 Å². The summed E-state index contributed by atoms with van der Waals surface area (Å²) >= 11 is 0. The number of halogens is 3. The summed E-state index contributed by atoms with van der Waals surface area (Å²) in [5.74, 6) is 3.05. The van der Waals surface area contributed by atoms with Gasteiger partial charge < -0.3 is 5.11 Å². The van der Waals surface area contributed by atoms with Crippen LogP contribution in [0.25, 0.3) is 0 Å². The predicted molar refractivity (Wildman–Crippen MR) is 110 cm³/mol. The van der Waals surface area contributed by atoms with Gasteiger partial charge in [-0.2, -0.15) is 13.2 Å². The number of aliphatic hydroxyl groups excluding tert-OH is 1. The molecule has 1 unspecified atom stereocenters. The second kappa shape index (κ2) is 7.41. The molecule has 0 aromatic rings. The van der Waals surface area contributed by atoms with Gasteiger partial charge in [0.15, 0.2) is 6.10 Å². The maximum Gasteiger partial charge on any atom is 0.414 e. The summed E-state index contributed by atoms with van der Waals surface area (Å²) in [7, 11) is 0. The molecule has 0 amide bonds. The van der Waals surface area contributed by atoms with Gasteiger partial charge >= 0.3 is 6.18 Å². The Hall–Kier alpha value is -0.250. The van der Waals surface area contributed by atoms with Gasteiger partial charge in [-0.1, -0.05) is 34.1 Å². The van der Waals surface area contributed by atoms with E-state index in [1.807, 2.05) is 0 Å². The Kier molecular flexibility index (Phi) is 5.62. The van der Waals surface area contributed by atoms with Crippen LogP contribution in [0.15, 0.2) is 0 Å². The number of rotatable bonds is 3. The molecule has 1 nitrogen and oxygen atoms in total. The lowest BCUT2D eigenvalue weighted by Gasteiger charge is -2.61. The van der Waals surface area contributed by atoms with Crippen molar-refractivity contribution in [2.75, 3.05) is 0 Å². The summed E-state index contributed by atoms with van der Waals surface area (Å²) in [6, 6.07) is 0. The Morgan fingerprint density at radius 2 is 1.59 bits per heavy atom. The molecule has 4 rings (SSSR count). The summed E-state index contributed by atoms with van der Waals surface area (Å²) in [5.41, 5.74) is 0.418. The molecule has 4 fully saturated rings. The minimum atomic E-state index is -4.51. The van der Waals surface area contributed by atoms with E-state index in [0.717, 1.165) is 37.0 Å². The molecule has 10 atom stereocenters. The fourth-order valence-corrected chi connectivity index (χ4v) is 9.14. The zero-order valence-corrected chi connectivity index (χ0v) is 18.8. The molecule has 4 heteroatoms. The van der Waals surface area contributed by atoms with Gasteiger partial charge in [0.1, 0.15) is 0 Å². The number of fused-ring (bicyclic) bond motifs is 5. The Labute approximate surface area is 175 Å². The van der Waals surface area contributed by atoms with E-state index in [4.69, 9.17) is 0 Å². The molecule has 0 bridgehead atoms. The van der Waals surface area contributed by atoms with Crippen molar-refractivity contribution in [3.8, 4) is 0 Å². The van der Waals surface area contributed by atoms with Crippen molar-refractivity contribution in [2.45, 2.75) is 104 Å². The molecule has 1 N–H and O–H groups in total. The standard InChI is InChI=1S/C25H41F3O/c1-5-16-10-12-23(3)17(14-16)6-7-18-20-9-8-19(15(2)22(29)25(26,27)28)24(20,4)13-11-21(18)23/h15-22,29H,5-14H2,1-4H3/t15-,16+,17-,18+,19-,20+,21+,22?,23+,24-/m1/s1. The maximum atomic E-state index is 13.2. The van der Waals surface area contributed by atoms with Gasteiger partial charge in [0.2, 0.25) is 0 Å². The van der Waals surface area contributed by atoms with Crippen molar-refractivity contribution < 1.29 is 18.3 Å². The lowest BCUT2D eigenvalue weighted by Crippen LogP contribution is -2.54. The molecule has 29 heavy (non-hydrogen) atoms. The van der Waals surface area contributed by atoms with Crippen LogP contribution in [-0.4, -0.2) is 17.4 Å². The lowest BCUT2D eigenvalue weighted by molar-refractivity contribution is -0.228. The highest BCUT2D eigenvalue weighted by atomic mass is 19.4. The monoisotopic (exact) mass is 414 g/mol. The van der Waals surface area contributed by atoms with Crippen molar-refractivity contribution in [1.82, 2.24) is 0 Å². The van der Waals surface area contributed by atoms with E-state index in [1.54, 1.807) is 6.92 Å². The van der Waals surface area contributed by atoms with E-state index < -0.39 is 18.2 Å². The highest BCUT2D eigenvalue weighted by molar-refractivity contribution is 5.10. The predicted octanol–water partition coefficient (Wildman–Crippen LogP) is 7.23. The topological polar surface area (TPSA) is 20.2 Å². The van der Waals surface area contributed by atoms with Gasteiger partial charge in [-0.05, 0) is 110 Å². The fourth-order valence-electron chi connectivity index (χ4n) is 9.14. The van der Waals surface area contributed by atoms with Crippen LogP contribution in [0.5, 0.6) is 0 Å². The first kappa shape index (κ1) is 22.0. The smallest absolute Gasteiger partial charge is 0.383 e. The van der Waals surface area contributed by atoms with Crippen molar-refractivity contribution in [3.63, 3.8) is 0 Å². The van der Waals surface area contributed by atoms with Crippen molar-refractivity contribution >= 4 is 0 Å². The van der Waals surface area contributed by atoms with Crippen molar-refractivity contribution in [1.29, 1.82) is 0 Å². The van der Waals surface area contributed by atoms with Gasteiger partial charge in [-0.15, -0.1) is 0 Å². The highest BCUT2D eigenvalue weighted by Gasteiger charge is 2.61. The van der Waals surface area contributed by atoms with E-state index in [0.29, 0.717) is 17.3 Å². The molecule has 4 saturated carbocycles. The minimum absolute atomic E-state index is 0.00793. The molecule has 4 aliphatic carbocycles. The molecule has 0 aromatic heterocycles. The first-order chi connectivity index (χ1) is 13.5. The zero-order chi connectivity index (χ0) is 21.2. The van der Waals surface area contributed by atoms with Crippen molar-refractivity contribution in [3.05, 3.63) is 0 Å². The summed E-state index contributed by atoms with van der Waals surface area (Å²) in [6.45, 7) is 8.81. The molecular formula is C25H41F3O. The molecular weight excluding hydrogens is 373 g/mol. The maximum absolute atomic E-state index is 13.2. The normalized spacial score (nSPS) is 49.7. The molecule has 0 radical (unpaired) electrons. The SMILES string of the molecule is CC[C@H]1CC[C@@]2(C)[C@H](CC[C@@H]3[C@@H]2CC[C@]2(C)[C@@H]([C@@H](C)C(O)C(F)(F)F)CC[C@@H]32)C1. The molecule has 0 heterocycles. The third kappa shape index (κ3) is 3.38. The first-order valence-electron chi connectivity index (χ1n) is 12.3. The molecule has 0 saturated heterocycles. The largest absolute Gasteiger partial charge is 0.414 e. The highest BCUT2D eigenvalue weighted by Crippen LogP contribution is 2.68. The second-order valence-electron chi connectivity index (χ2n) is 11.8. The van der Waals surface area contributed by atoms with E-state index in [1.165, 1.54) is 44.9 Å². The number of alkyl halides is 3. The summed E-state index contributed by atoms with van der Waals surface area (Å²) in [6.07, 6.45) is 5.51. The Morgan fingerprint density at radius 3 is 2.24 bits per heavy atom. The average Bonchev–Trinajstić information content (AvgIpc) is 3.02. The van der Waals surface area contributed by atoms with Gasteiger partial charge in [-0.25, -0.2) is 0 Å². The second-order valence-corrected chi connectivity index (χ2v) is 11.8. The van der Waals surface area contributed by atoms with Crippen LogP contribution < -0.4 is 0 Å². The van der Waals surface area contributed by atoms with E-state index in [2.05, 4.69) is 20.8 Å². The van der Waals surface area contributed by atoms with Crippen LogP contribution in [0.4, 0.5) is 13.2 Å². The zero-order valence-electron chi connectivity index (χ0n) is 18.8. The third-order valence-corrected chi connectivity index (χ3v) is 10.9. The summed E-state index contributed by atoms with van der Waals surface area (Å²) in [4.78, 5) is 0. The average molecular weight is 415 g/mol. The van der Waals surface area contributed by atoms with Crippen LogP contribution in [0.1, 0.15) is 91.9 Å². The van der Waals surface area contributed by atoms with Crippen LogP contribution in [-0.2, 0) is 0 Å². The lowest BCUT2D eigenvalue weighted by atomic mass is 9.44. The molecule has 168 valence electrons. The molecule has 0 aromatic carbocycles. The van der Waals surface area contributed by atoms with E-state index in [-0.39, 0.29) is 11.3 Å². The first-order valence-corrected chi connectivity index (χ1v) is 12.3. The summed E-state index contributed by atoms with van der Waals surface area (Å²) < 4.78 is 39.7. The number of aliphatic hydroxyl groups is 1. The van der Waals surface area contributed by atoms with Crippen molar-refractivity contribution in [2.24, 2.45) is 52.3 Å². The van der Waals surface area contributed by atoms with Gasteiger partial charge in [0.05, 0.1) is 0 Å². The molecule has 0 aliphatic heterocycles. The van der Waals surface area contributed by atoms with Crippen LogP contribution >= 0.6 is 0 Å². The van der Waals surface area contributed by atoms with Gasteiger partial charge in [0, 0.05) is 0 Å². The molecule has 0 spiro atoms. The quantitative estimate of drug-likeness (QED) is 0.516. The Balaban J connectivity index is 1.54. The molecule has 4 aliphatic rings. The number of hydrogen-bond donors (Lipinski definition) is 1. The van der Waals surface area contributed by atoms with E-state index in [9.17, 15) is 18.3 Å². The third-order valence-electron chi connectivity index (χ3n) is 10.9. The van der Waals surface area contributed by atoms with Gasteiger partial charge in [-0.3, -0.25) is 0 Å². The van der Waals surface area contributed by atoms with E-state index >= 15 is 0 Å². The Bertz CT molecular complexity index is 603. The van der Waals surface area contributed by atoms with Crippen LogP contribution in [0.3, 0.4) is 0 Å². The van der Waals surface area contributed by atoms with Crippen LogP contribution in [0, 0.1) is 52.3 Å². The van der Waals surface area contributed by atoms with Gasteiger partial charge in [0.25, 0.3) is 0 Å². The number of hydrogen-bond acceptors (Lipinski definition) is 1. The Morgan fingerprint density at radius 1 is 0.931 bits per heavy atom. The fraction of sp³-hybridized carbons (Fsp3) is 1.00. The minimum Gasteiger partial charge on any atom is -0.383 e.